The molecule has 0 spiro atoms. The second kappa shape index (κ2) is 5.48. The lowest BCUT2D eigenvalue weighted by molar-refractivity contribution is 0.422. The summed E-state index contributed by atoms with van der Waals surface area (Å²) in [5, 5.41) is 13.7. The second-order valence-corrected chi connectivity index (χ2v) is 4.96. The standard InChI is InChI=1S/C14H16FN3O2/c15-10-5-6-12(19)11(9-10)13-16-14(17-20-13)18-7-3-1-2-4-8-18/h5-6,9,19H,1-4,7-8H2. The van der Waals surface area contributed by atoms with Gasteiger partial charge in [-0.1, -0.05) is 12.8 Å². The highest BCUT2D eigenvalue weighted by atomic mass is 19.1. The summed E-state index contributed by atoms with van der Waals surface area (Å²) in [7, 11) is 0. The molecule has 2 aromatic rings. The summed E-state index contributed by atoms with van der Waals surface area (Å²) in [6.07, 6.45) is 4.64. The molecular formula is C14H16FN3O2. The van der Waals surface area contributed by atoms with E-state index in [1.54, 1.807) is 0 Å². The number of nitrogens with zero attached hydrogens (tertiary/aromatic N) is 3. The van der Waals surface area contributed by atoms with E-state index in [-0.39, 0.29) is 17.2 Å². The van der Waals surface area contributed by atoms with E-state index in [1.807, 2.05) is 0 Å². The predicted octanol–water partition coefficient (Wildman–Crippen LogP) is 2.96. The van der Waals surface area contributed by atoms with Crippen molar-refractivity contribution >= 4 is 5.95 Å². The van der Waals surface area contributed by atoms with E-state index in [9.17, 15) is 9.50 Å². The average molecular weight is 277 g/mol. The molecule has 0 saturated carbocycles. The van der Waals surface area contributed by atoms with Gasteiger partial charge in [0.15, 0.2) is 0 Å². The topological polar surface area (TPSA) is 62.4 Å². The first-order valence-corrected chi connectivity index (χ1v) is 6.81. The summed E-state index contributed by atoms with van der Waals surface area (Å²) in [5.41, 5.74) is 0.221. The fourth-order valence-electron chi connectivity index (χ4n) is 2.40. The number of anilines is 1. The lowest BCUT2D eigenvalue weighted by Crippen LogP contribution is -2.24. The van der Waals surface area contributed by atoms with E-state index in [0.29, 0.717) is 5.95 Å². The predicted molar refractivity (Wildman–Crippen MR) is 72.0 cm³/mol. The van der Waals surface area contributed by atoms with Gasteiger partial charge in [0.25, 0.3) is 11.8 Å². The van der Waals surface area contributed by atoms with Crippen molar-refractivity contribution in [1.82, 2.24) is 10.1 Å². The van der Waals surface area contributed by atoms with Gasteiger partial charge in [0.1, 0.15) is 11.6 Å². The molecule has 1 aromatic heterocycles. The molecular weight excluding hydrogens is 261 g/mol. The molecule has 0 atom stereocenters. The molecule has 1 aliphatic rings. The molecule has 3 rings (SSSR count). The summed E-state index contributed by atoms with van der Waals surface area (Å²) in [6.45, 7) is 1.79. The summed E-state index contributed by atoms with van der Waals surface area (Å²) in [4.78, 5) is 6.34. The highest BCUT2D eigenvalue weighted by Gasteiger charge is 2.18. The zero-order chi connectivity index (χ0) is 13.9. The Balaban J connectivity index is 1.87. The van der Waals surface area contributed by atoms with E-state index in [0.717, 1.165) is 25.9 Å². The van der Waals surface area contributed by atoms with Gasteiger partial charge in [-0.3, -0.25) is 0 Å². The number of hydrogen-bond acceptors (Lipinski definition) is 5. The Bertz CT molecular complexity index is 592. The van der Waals surface area contributed by atoms with Crippen LogP contribution in [0.3, 0.4) is 0 Å². The summed E-state index contributed by atoms with van der Waals surface area (Å²) in [6, 6.07) is 3.65. The van der Waals surface area contributed by atoms with Gasteiger partial charge in [-0.25, -0.2) is 4.39 Å². The van der Waals surface area contributed by atoms with Gasteiger partial charge in [-0.15, -0.1) is 0 Å². The second-order valence-electron chi connectivity index (χ2n) is 4.96. The van der Waals surface area contributed by atoms with Crippen molar-refractivity contribution in [2.45, 2.75) is 25.7 Å². The Morgan fingerprint density at radius 1 is 1.15 bits per heavy atom. The van der Waals surface area contributed by atoms with Crippen LogP contribution in [0.2, 0.25) is 0 Å². The third kappa shape index (κ3) is 2.59. The SMILES string of the molecule is Oc1ccc(F)cc1-c1nc(N2CCCCCC2)no1. The molecule has 0 amide bonds. The van der Waals surface area contributed by atoms with Crippen LogP contribution in [0, 0.1) is 5.82 Å². The van der Waals surface area contributed by atoms with Crippen LogP contribution in [-0.4, -0.2) is 28.3 Å². The van der Waals surface area contributed by atoms with E-state index >= 15 is 0 Å². The number of phenols is 1. The van der Waals surface area contributed by atoms with Crippen molar-refractivity contribution in [3.63, 3.8) is 0 Å². The molecule has 106 valence electrons. The van der Waals surface area contributed by atoms with Crippen molar-refractivity contribution in [1.29, 1.82) is 0 Å². The normalized spacial score (nSPS) is 16.1. The maximum Gasteiger partial charge on any atom is 0.266 e. The largest absolute Gasteiger partial charge is 0.507 e. The molecule has 6 heteroatoms. The van der Waals surface area contributed by atoms with Crippen LogP contribution in [0.4, 0.5) is 10.3 Å². The summed E-state index contributed by atoms with van der Waals surface area (Å²) >= 11 is 0. The maximum atomic E-state index is 13.2. The Morgan fingerprint density at radius 3 is 2.65 bits per heavy atom. The van der Waals surface area contributed by atoms with Crippen LogP contribution in [0.5, 0.6) is 5.75 Å². The molecule has 1 fully saturated rings. The van der Waals surface area contributed by atoms with E-state index in [4.69, 9.17) is 4.52 Å². The van der Waals surface area contributed by atoms with Crippen LogP contribution in [-0.2, 0) is 0 Å². The van der Waals surface area contributed by atoms with Crippen molar-refractivity contribution in [3.8, 4) is 17.2 Å². The average Bonchev–Trinajstić information content (AvgIpc) is 2.77. The first kappa shape index (κ1) is 12.9. The third-order valence-electron chi connectivity index (χ3n) is 3.49. The minimum atomic E-state index is -0.452. The molecule has 1 aliphatic heterocycles. The van der Waals surface area contributed by atoms with Crippen LogP contribution in [0.15, 0.2) is 22.7 Å². The van der Waals surface area contributed by atoms with Gasteiger partial charge >= 0.3 is 0 Å². The molecule has 0 aliphatic carbocycles. The molecule has 20 heavy (non-hydrogen) atoms. The van der Waals surface area contributed by atoms with Gasteiger partial charge in [-0.2, -0.15) is 4.98 Å². The molecule has 0 radical (unpaired) electrons. The quantitative estimate of drug-likeness (QED) is 0.914. The number of aromatic hydroxyl groups is 1. The van der Waals surface area contributed by atoms with Crippen molar-refractivity contribution < 1.29 is 14.0 Å². The lowest BCUT2D eigenvalue weighted by atomic mass is 10.2. The lowest BCUT2D eigenvalue weighted by Gasteiger charge is -2.16. The minimum Gasteiger partial charge on any atom is -0.507 e. The Kier molecular flexibility index (Phi) is 3.54. The van der Waals surface area contributed by atoms with Gasteiger partial charge in [0.2, 0.25) is 0 Å². The highest BCUT2D eigenvalue weighted by molar-refractivity contribution is 5.62. The van der Waals surface area contributed by atoms with Gasteiger partial charge < -0.3 is 14.5 Å². The van der Waals surface area contributed by atoms with E-state index < -0.39 is 5.82 Å². The fourth-order valence-corrected chi connectivity index (χ4v) is 2.40. The number of hydrogen-bond donors (Lipinski definition) is 1. The monoisotopic (exact) mass is 277 g/mol. The molecule has 0 bridgehead atoms. The van der Waals surface area contributed by atoms with Crippen LogP contribution in [0.1, 0.15) is 25.7 Å². The zero-order valence-corrected chi connectivity index (χ0v) is 11.0. The van der Waals surface area contributed by atoms with E-state index in [2.05, 4.69) is 15.0 Å². The zero-order valence-electron chi connectivity index (χ0n) is 11.0. The number of benzene rings is 1. The van der Waals surface area contributed by atoms with Crippen molar-refractivity contribution in [2.75, 3.05) is 18.0 Å². The molecule has 5 nitrogen and oxygen atoms in total. The Morgan fingerprint density at radius 2 is 1.90 bits per heavy atom. The number of aromatic nitrogens is 2. The summed E-state index contributed by atoms with van der Waals surface area (Å²) in [5.74, 6) is 0.122. The van der Waals surface area contributed by atoms with Gasteiger partial charge in [-0.05, 0) is 36.2 Å². The fraction of sp³-hybridized carbons (Fsp3) is 0.429. The molecule has 1 aromatic carbocycles. The van der Waals surface area contributed by atoms with Crippen LogP contribution >= 0.6 is 0 Å². The van der Waals surface area contributed by atoms with Gasteiger partial charge in [0.05, 0.1) is 5.56 Å². The molecule has 1 N–H and O–H groups in total. The molecule has 0 unspecified atom stereocenters. The third-order valence-corrected chi connectivity index (χ3v) is 3.49. The minimum absolute atomic E-state index is 0.0718. The maximum absolute atomic E-state index is 13.2. The smallest absolute Gasteiger partial charge is 0.266 e. The summed E-state index contributed by atoms with van der Waals surface area (Å²) < 4.78 is 18.4. The first-order chi connectivity index (χ1) is 9.74. The van der Waals surface area contributed by atoms with Crippen molar-refractivity contribution in [3.05, 3.63) is 24.0 Å². The van der Waals surface area contributed by atoms with E-state index in [1.165, 1.54) is 31.0 Å². The number of phenolic OH excluding ortho intramolecular Hbond substituents is 1. The Labute approximate surface area is 116 Å². The number of rotatable bonds is 2. The van der Waals surface area contributed by atoms with Crippen molar-refractivity contribution in [2.24, 2.45) is 0 Å². The highest BCUT2D eigenvalue weighted by Crippen LogP contribution is 2.29. The molecule has 1 saturated heterocycles. The molecule has 2 heterocycles. The van der Waals surface area contributed by atoms with Gasteiger partial charge in [0, 0.05) is 13.1 Å². The Hall–Kier alpha value is -2.11. The first-order valence-electron chi connectivity index (χ1n) is 6.81. The number of halogens is 1. The van der Waals surface area contributed by atoms with Crippen LogP contribution < -0.4 is 4.90 Å². The van der Waals surface area contributed by atoms with Crippen LogP contribution in [0.25, 0.3) is 11.5 Å².